The Morgan fingerprint density at radius 1 is 1.16 bits per heavy atom. The molecule has 0 radical (unpaired) electrons. The number of thiophene rings is 1. The van der Waals surface area contributed by atoms with E-state index in [0.717, 1.165) is 21.7 Å². The van der Waals surface area contributed by atoms with Gasteiger partial charge in [0.05, 0.1) is 30.6 Å². The van der Waals surface area contributed by atoms with Gasteiger partial charge in [-0.3, -0.25) is 9.59 Å². The lowest BCUT2D eigenvalue weighted by Crippen LogP contribution is -2.38. The molecule has 3 aromatic rings. The first-order chi connectivity index (χ1) is 14.9. The highest BCUT2D eigenvalue weighted by atomic mass is 32.1. The van der Waals surface area contributed by atoms with E-state index >= 15 is 0 Å². The van der Waals surface area contributed by atoms with Gasteiger partial charge in [0.1, 0.15) is 12.3 Å². The fourth-order valence-electron chi connectivity index (χ4n) is 3.43. The number of nitrogens with zero attached hydrogens (tertiary/aromatic N) is 2. The molecule has 0 aliphatic carbocycles. The fourth-order valence-corrected chi connectivity index (χ4v) is 4.14. The van der Waals surface area contributed by atoms with Crippen LogP contribution in [0.2, 0.25) is 0 Å². The summed E-state index contributed by atoms with van der Waals surface area (Å²) in [6.45, 7) is 3.92. The zero-order valence-electron chi connectivity index (χ0n) is 17.6. The van der Waals surface area contributed by atoms with Gasteiger partial charge in [0.15, 0.2) is 0 Å². The number of methoxy groups -OCH3 is 1. The van der Waals surface area contributed by atoms with Gasteiger partial charge in [-0.2, -0.15) is 0 Å². The van der Waals surface area contributed by atoms with Gasteiger partial charge in [-0.25, -0.2) is 4.99 Å². The number of aryl methyl sites for hydroxylation is 2. The Kier molecular flexibility index (Phi) is 5.86. The Hall–Kier alpha value is -3.45. The predicted molar refractivity (Wildman–Crippen MR) is 125 cm³/mol. The number of hydrogen-bond donors (Lipinski definition) is 1. The number of anilines is 2. The fraction of sp³-hybridized carbons (Fsp3) is 0.208. The Labute approximate surface area is 185 Å². The van der Waals surface area contributed by atoms with Crippen LogP contribution in [0.25, 0.3) is 0 Å². The van der Waals surface area contributed by atoms with E-state index in [1.165, 1.54) is 4.90 Å². The largest absolute Gasteiger partial charge is 0.497 e. The minimum absolute atomic E-state index is 0.0897. The molecule has 31 heavy (non-hydrogen) atoms. The van der Waals surface area contributed by atoms with Crippen LogP contribution < -0.4 is 15.0 Å². The number of nitrogens with one attached hydrogen (secondary N) is 1. The van der Waals surface area contributed by atoms with E-state index in [9.17, 15) is 9.59 Å². The Bertz CT molecular complexity index is 1150. The normalized spacial score (nSPS) is 13.3. The number of ether oxygens (including phenoxy) is 1. The van der Waals surface area contributed by atoms with Gasteiger partial charge in [0.2, 0.25) is 11.8 Å². The second kappa shape index (κ2) is 8.73. The molecular weight excluding hydrogens is 410 g/mol. The lowest BCUT2D eigenvalue weighted by molar-refractivity contribution is -0.120. The van der Waals surface area contributed by atoms with Gasteiger partial charge in [0, 0.05) is 10.6 Å². The molecule has 7 heteroatoms. The summed E-state index contributed by atoms with van der Waals surface area (Å²) in [6.07, 6.45) is 0.142. The zero-order chi connectivity index (χ0) is 22.0. The second-order valence-electron chi connectivity index (χ2n) is 7.39. The number of hydrogen-bond acceptors (Lipinski definition) is 5. The number of aliphatic imine (C=N–C) groups is 1. The molecule has 4 rings (SSSR count). The van der Waals surface area contributed by atoms with Crippen molar-refractivity contribution in [2.45, 2.75) is 20.3 Å². The molecule has 2 amide bonds. The lowest BCUT2D eigenvalue weighted by Gasteiger charge is -2.23. The minimum atomic E-state index is -0.276. The summed E-state index contributed by atoms with van der Waals surface area (Å²) in [6, 6.07) is 14.9. The topological polar surface area (TPSA) is 71.0 Å². The maximum absolute atomic E-state index is 13.2. The first-order valence-electron chi connectivity index (χ1n) is 9.91. The average molecular weight is 434 g/mol. The number of carbonyl (C=O) groups is 2. The maximum atomic E-state index is 13.2. The summed E-state index contributed by atoms with van der Waals surface area (Å²) in [4.78, 5) is 33.3. The molecule has 2 heterocycles. The van der Waals surface area contributed by atoms with Crippen LogP contribution in [0, 0.1) is 13.8 Å². The molecule has 158 valence electrons. The molecule has 0 saturated heterocycles. The third-order valence-electron chi connectivity index (χ3n) is 5.24. The Balaban J connectivity index is 1.63. The van der Waals surface area contributed by atoms with Crippen molar-refractivity contribution in [3.8, 4) is 5.75 Å². The molecule has 2 aromatic carbocycles. The third kappa shape index (κ3) is 4.51. The van der Waals surface area contributed by atoms with E-state index in [2.05, 4.69) is 5.32 Å². The summed E-state index contributed by atoms with van der Waals surface area (Å²) < 4.78 is 5.15. The highest BCUT2D eigenvalue weighted by molar-refractivity contribution is 7.12. The van der Waals surface area contributed by atoms with Crippen LogP contribution in [-0.2, 0) is 9.59 Å². The van der Waals surface area contributed by atoms with Crippen molar-refractivity contribution in [3.63, 3.8) is 0 Å². The van der Waals surface area contributed by atoms with Crippen LogP contribution in [0.3, 0.4) is 0 Å². The van der Waals surface area contributed by atoms with Crippen LogP contribution in [0.1, 0.15) is 22.4 Å². The third-order valence-corrected chi connectivity index (χ3v) is 6.16. The standard InChI is InChI=1S/C24H23N3O3S/c1-15-11-19-21(12-16(15)2)27(24(29)13-20(26-19)22-5-4-10-31-22)14-23(28)25-17-6-8-18(30-3)9-7-17/h4-12H,13-14H2,1-3H3,(H,25,28). The van der Waals surface area contributed by atoms with E-state index in [0.29, 0.717) is 22.8 Å². The molecule has 1 aliphatic rings. The lowest BCUT2D eigenvalue weighted by atomic mass is 10.1. The Morgan fingerprint density at radius 3 is 2.58 bits per heavy atom. The first-order valence-corrected chi connectivity index (χ1v) is 10.8. The van der Waals surface area contributed by atoms with Crippen molar-refractivity contribution in [2.75, 3.05) is 23.9 Å². The van der Waals surface area contributed by atoms with Crippen molar-refractivity contribution in [3.05, 3.63) is 69.9 Å². The molecule has 6 nitrogen and oxygen atoms in total. The molecule has 1 N–H and O–H groups in total. The van der Waals surface area contributed by atoms with Gasteiger partial charge < -0.3 is 15.0 Å². The van der Waals surface area contributed by atoms with Gasteiger partial charge in [-0.1, -0.05) is 6.07 Å². The van der Waals surface area contributed by atoms with Gasteiger partial charge >= 0.3 is 0 Å². The van der Waals surface area contributed by atoms with Crippen LogP contribution >= 0.6 is 11.3 Å². The highest BCUT2D eigenvalue weighted by Gasteiger charge is 2.27. The van der Waals surface area contributed by atoms with Crippen molar-refractivity contribution in [2.24, 2.45) is 4.99 Å². The van der Waals surface area contributed by atoms with Crippen molar-refractivity contribution < 1.29 is 14.3 Å². The quantitative estimate of drug-likeness (QED) is 0.624. The van der Waals surface area contributed by atoms with Gasteiger partial charge in [-0.05, 0) is 72.8 Å². The molecular formula is C24H23N3O3S. The van der Waals surface area contributed by atoms with Gasteiger partial charge in [0.25, 0.3) is 0 Å². The predicted octanol–water partition coefficient (Wildman–Crippen LogP) is 4.87. The average Bonchev–Trinajstić information content (AvgIpc) is 3.25. The van der Waals surface area contributed by atoms with E-state index in [4.69, 9.17) is 9.73 Å². The summed E-state index contributed by atoms with van der Waals surface area (Å²) >= 11 is 1.55. The molecule has 0 atom stereocenters. The number of fused-ring (bicyclic) bond motifs is 1. The molecule has 0 fully saturated rings. The minimum Gasteiger partial charge on any atom is -0.497 e. The van der Waals surface area contributed by atoms with Crippen molar-refractivity contribution in [1.82, 2.24) is 0 Å². The van der Waals surface area contributed by atoms with Crippen LogP contribution in [0.5, 0.6) is 5.75 Å². The van der Waals surface area contributed by atoms with E-state index in [1.54, 1.807) is 42.7 Å². The van der Waals surface area contributed by atoms with E-state index in [-0.39, 0.29) is 24.8 Å². The molecule has 0 spiro atoms. The highest BCUT2D eigenvalue weighted by Crippen LogP contribution is 2.36. The van der Waals surface area contributed by atoms with Crippen LogP contribution in [-0.4, -0.2) is 31.2 Å². The van der Waals surface area contributed by atoms with E-state index in [1.807, 2.05) is 43.5 Å². The molecule has 1 aliphatic heterocycles. The summed E-state index contributed by atoms with van der Waals surface area (Å²) in [5, 5.41) is 4.82. The smallest absolute Gasteiger partial charge is 0.244 e. The molecule has 0 saturated carbocycles. The maximum Gasteiger partial charge on any atom is 0.244 e. The van der Waals surface area contributed by atoms with Crippen molar-refractivity contribution in [1.29, 1.82) is 0 Å². The monoisotopic (exact) mass is 433 g/mol. The van der Waals surface area contributed by atoms with Crippen LogP contribution in [0.4, 0.5) is 17.1 Å². The SMILES string of the molecule is COc1ccc(NC(=O)CN2C(=O)CC(c3cccs3)=Nc3cc(C)c(C)cc32)cc1. The zero-order valence-corrected chi connectivity index (χ0v) is 18.5. The first kappa shape index (κ1) is 20.8. The van der Waals surface area contributed by atoms with Gasteiger partial charge in [-0.15, -0.1) is 11.3 Å². The summed E-state index contributed by atoms with van der Waals surface area (Å²) in [5.74, 6) is 0.278. The van der Waals surface area contributed by atoms with Crippen LogP contribution in [0.15, 0.2) is 58.9 Å². The number of rotatable bonds is 5. The summed E-state index contributed by atoms with van der Waals surface area (Å²) in [7, 11) is 1.59. The molecule has 0 bridgehead atoms. The summed E-state index contributed by atoms with van der Waals surface area (Å²) in [5.41, 5.74) is 4.86. The number of carbonyl (C=O) groups excluding carboxylic acids is 2. The number of benzene rings is 2. The second-order valence-corrected chi connectivity index (χ2v) is 8.34. The van der Waals surface area contributed by atoms with Crippen molar-refractivity contribution >= 4 is 45.9 Å². The Morgan fingerprint density at radius 2 is 1.90 bits per heavy atom. The molecule has 0 unspecified atom stereocenters. The van der Waals surface area contributed by atoms with E-state index < -0.39 is 0 Å². The molecule has 1 aromatic heterocycles. The number of amides is 2.